The molecule has 0 atom stereocenters. The number of rotatable bonds is 3. The summed E-state index contributed by atoms with van der Waals surface area (Å²) in [6.07, 6.45) is 0. The molecule has 7 aliphatic rings. The fourth-order valence-electron chi connectivity index (χ4n) is 6.95. The number of ether oxygens (including phenoxy) is 1. The highest BCUT2D eigenvalue weighted by Gasteiger charge is 3.11. The maximum Gasteiger partial charge on any atom is 0.228 e. The minimum atomic E-state index is 0.113. The van der Waals surface area contributed by atoms with Crippen LogP contribution >= 0.6 is 15.9 Å². The lowest BCUT2D eigenvalue weighted by Crippen LogP contribution is -3.12. The molecule has 0 aromatic rings. The minimum Gasteiger partial charge on any atom is -0.379 e. The number of carbonyl (C=O) groups excluding carboxylic acids is 1. The van der Waals surface area contributed by atoms with Gasteiger partial charge >= 0.3 is 0 Å². The largest absolute Gasteiger partial charge is 0.379 e. The molecule has 1 aliphatic heterocycles. The van der Waals surface area contributed by atoms with Crippen LogP contribution < -0.4 is 5.32 Å². The van der Waals surface area contributed by atoms with Crippen molar-refractivity contribution in [1.82, 2.24) is 10.2 Å². The number of nitrogens with one attached hydrogen (secondary N) is 1. The number of morpholine rings is 1. The Morgan fingerprint density at radius 1 is 1.16 bits per heavy atom. The van der Waals surface area contributed by atoms with Gasteiger partial charge in [0.1, 0.15) is 0 Å². The predicted octanol–water partition coefficient (Wildman–Crippen LogP) is 0.278. The molecule has 5 heteroatoms. The molecule has 1 heterocycles. The Morgan fingerprint density at radius 2 is 1.74 bits per heavy atom. The maximum atomic E-state index is 12.6. The zero-order valence-corrected chi connectivity index (χ0v) is 12.2. The molecular weight excluding hydrogens is 308 g/mol. The SMILES string of the molecule is O=C(NCN1CCOCC1)C12C3C4C1C1C2C3C41Br. The molecule has 6 saturated carbocycles. The van der Waals surface area contributed by atoms with E-state index in [1.807, 2.05) is 0 Å². The van der Waals surface area contributed by atoms with Crippen LogP contribution in [0, 0.1) is 40.9 Å². The number of hydrogen-bond acceptors (Lipinski definition) is 3. The van der Waals surface area contributed by atoms with Gasteiger partial charge in [0.15, 0.2) is 0 Å². The summed E-state index contributed by atoms with van der Waals surface area (Å²) in [6.45, 7) is 4.21. The number of amides is 1. The second-order valence-electron chi connectivity index (χ2n) is 7.31. The molecule has 0 spiro atoms. The lowest BCUT2D eigenvalue weighted by Gasteiger charge is -3.09. The molecule has 1 N–H and O–H groups in total. The van der Waals surface area contributed by atoms with Gasteiger partial charge in [-0.15, -0.1) is 0 Å². The first-order chi connectivity index (χ1) is 9.23. The Kier molecular flexibility index (Phi) is 1.54. The number of alkyl halides is 1. The van der Waals surface area contributed by atoms with Crippen LogP contribution in [0.2, 0.25) is 0 Å². The normalized spacial score (nSPS) is 65.7. The second-order valence-corrected chi connectivity index (χ2v) is 8.68. The fraction of sp³-hybridized carbons (Fsp3) is 0.929. The van der Waals surface area contributed by atoms with E-state index in [4.69, 9.17) is 4.74 Å². The number of hydrogen-bond donors (Lipinski definition) is 1. The molecule has 6 aliphatic carbocycles. The molecule has 0 bridgehead atoms. The first-order valence-electron chi connectivity index (χ1n) is 7.50. The molecule has 1 saturated heterocycles. The van der Waals surface area contributed by atoms with Crippen molar-refractivity contribution in [2.24, 2.45) is 40.9 Å². The molecule has 4 nitrogen and oxygen atoms in total. The van der Waals surface area contributed by atoms with E-state index in [0.29, 0.717) is 10.2 Å². The van der Waals surface area contributed by atoms with Gasteiger partial charge in [0.05, 0.1) is 25.3 Å². The van der Waals surface area contributed by atoms with Crippen molar-refractivity contribution in [2.75, 3.05) is 33.0 Å². The standard InChI is InChI=1S/C14H17BrN2O2/c15-14-9-6-10(14)8-11(14)7(9)13(6,8)12(18)16-5-17-1-3-19-4-2-17/h6-11H,1-5H2,(H,16,18). The highest BCUT2D eigenvalue weighted by Crippen LogP contribution is 3.08. The number of carbonyl (C=O) groups is 1. The molecule has 7 fully saturated rings. The van der Waals surface area contributed by atoms with Crippen LogP contribution in [-0.4, -0.2) is 48.1 Å². The third-order valence-corrected chi connectivity index (χ3v) is 9.05. The average molecular weight is 325 g/mol. The van der Waals surface area contributed by atoms with Gasteiger partial charge in [-0.05, 0) is 35.5 Å². The van der Waals surface area contributed by atoms with Crippen LogP contribution in [0.4, 0.5) is 0 Å². The van der Waals surface area contributed by atoms with E-state index < -0.39 is 0 Å². The number of halogens is 1. The Morgan fingerprint density at radius 3 is 2.32 bits per heavy atom. The summed E-state index contributed by atoms with van der Waals surface area (Å²) in [5.41, 5.74) is 0.113. The summed E-state index contributed by atoms with van der Waals surface area (Å²) >= 11 is 3.94. The molecule has 19 heavy (non-hydrogen) atoms. The summed E-state index contributed by atoms with van der Waals surface area (Å²) < 4.78 is 5.86. The summed E-state index contributed by atoms with van der Waals surface area (Å²) in [7, 11) is 0. The summed E-state index contributed by atoms with van der Waals surface area (Å²) in [6, 6.07) is 0. The molecule has 0 unspecified atom stereocenters. The average Bonchev–Trinajstić information content (AvgIpc) is 2.46. The molecule has 0 aromatic carbocycles. The predicted molar refractivity (Wildman–Crippen MR) is 70.4 cm³/mol. The van der Waals surface area contributed by atoms with E-state index in [-0.39, 0.29) is 5.41 Å². The first kappa shape index (κ1) is 10.6. The molecule has 1 amide bonds. The minimum absolute atomic E-state index is 0.113. The smallest absolute Gasteiger partial charge is 0.228 e. The van der Waals surface area contributed by atoms with E-state index in [1.165, 1.54) is 0 Å². The van der Waals surface area contributed by atoms with E-state index in [0.717, 1.165) is 68.5 Å². The third kappa shape index (κ3) is 0.724. The highest BCUT2D eigenvalue weighted by atomic mass is 79.9. The molecular formula is C14H17BrN2O2. The van der Waals surface area contributed by atoms with Crippen molar-refractivity contribution in [3.05, 3.63) is 0 Å². The van der Waals surface area contributed by atoms with E-state index in [9.17, 15) is 4.79 Å². The Hall–Kier alpha value is -0.130. The lowest BCUT2D eigenvalue weighted by atomic mass is 8.96. The van der Waals surface area contributed by atoms with Gasteiger partial charge < -0.3 is 10.1 Å². The van der Waals surface area contributed by atoms with Crippen molar-refractivity contribution < 1.29 is 9.53 Å². The van der Waals surface area contributed by atoms with Gasteiger partial charge in [0.25, 0.3) is 0 Å². The van der Waals surface area contributed by atoms with Crippen molar-refractivity contribution in [1.29, 1.82) is 0 Å². The summed E-state index contributed by atoms with van der Waals surface area (Å²) in [5.74, 6) is 5.20. The van der Waals surface area contributed by atoms with Gasteiger partial charge in [0, 0.05) is 17.4 Å². The third-order valence-electron chi connectivity index (χ3n) is 7.47. The second kappa shape index (κ2) is 2.77. The Balaban J connectivity index is 1.15. The van der Waals surface area contributed by atoms with Crippen LogP contribution in [0.25, 0.3) is 0 Å². The van der Waals surface area contributed by atoms with Crippen LogP contribution in [-0.2, 0) is 9.53 Å². The van der Waals surface area contributed by atoms with E-state index in [1.54, 1.807) is 0 Å². The molecule has 7 rings (SSSR count). The van der Waals surface area contributed by atoms with Crippen LogP contribution in [0.3, 0.4) is 0 Å². The topological polar surface area (TPSA) is 41.6 Å². The van der Waals surface area contributed by atoms with Gasteiger partial charge in [-0.25, -0.2) is 0 Å². The molecule has 0 aromatic heterocycles. The molecule has 102 valence electrons. The Bertz CT molecular complexity index is 462. The highest BCUT2D eigenvalue weighted by molar-refractivity contribution is 9.10. The molecule has 0 radical (unpaired) electrons. The monoisotopic (exact) mass is 324 g/mol. The quantitative estimate of drug-likeness (QED) is 0.758. The zero-order chi connectivity index (χ0) is 12.6. The Labute approximate surface area is 120 Å². The van der Waals surface area contributed by atoms with Crippen LogP contribution in [0.1, 0.15) is 0 Å². The fourth-order valence-corrected chi connectivity index (χ4v) is 8.65. The van der Waals surface area contributed by atoms with Gasteiger partial charge in [0.2, 0.25) is 5.91 Å². The van der Waals surface area contributed by atoms with Crippen LogP contribution in [0.15, 0.2) is 0 Å². The summed E-state index contributed by atoms with van der Waals surface area (Å²) in [5, 5.41) is 3.22. The van der Waals surface area contributed by atoms with Crippen molar-refractivity contribution in [3.63, 3.8) is 0 Å². The zero-order valence-electron chi connectivity index (χ0n) is 10.6. The maximum absolute atomic E-state index is 12.6. The van der Waals surface area contributed by atoms with Gasteiger partial charge in [-0.3, -0.25) is 9.69 Å². The van der Waals surface area contributed by atoms with E-state index >= 15 is 0 Å². The van der Waals surface area contributed by atoms with Gasteiger partial charge in [-0.1, -0.05) is 15.9 Å². The van der Waals surface area contributed by atoms with Crippen molar-refractivity contribution in [2.45, 2.75) is 4.32 Å². The summed E-state index contributed by atoms with van der Waals surface area (Å²) in [4.78, 5) is 14.9. The number of nitrogens with zero attached hydrogens (tertiary/aromatic N) is 1. The van der Waals surface area contributed by atoms with Crippen molar-refractivity contribution in [3.8, 4) is 0 Å². The lowest BCUT2D eigenvalue weighted by molar-refractivity contribution is -0.575. The first-order valence-corrected chi connectivity index (χ1v) is 8.30. The van der Waals surface area contributed by atoms with Crippen LogP contribution in [0.5, 0.6) is 0 Å². The van der Waals surface area contributed by atoms with Gasteiger partial charge in [-0.2, -0.15) is 0 Å². The van der Waals surface area contributed by atoms with E-state index in [2.05, 4.69) is 26.1 Å². The van der Waals surface area contributed by atoms with Crippen molar-refractivity contribution >= 4 is 21.8 Å².